The van der Waals surface area contributed by atoms with Gasteiger partial charge in [0.15, 0.2) is 17.6 Å². The van der Waals surface area contributed by atoms with Crippen molar-refractivity contribution < 1.29 is 43.9 Å². The van der Waals surface area contributed by atoms with Gasteiger partial charge in [-0.05, 0) is 38.2 Å². The maximum absolute atomic E-state index is 12.9. The number of hydrogen-bond donors (Lipinski definition) is 5. The number of anilines is 1. The van der Waals surface area contributed by atoms with Gasteiger partial charge in [0, 0.05) is 37.3 Å². The van der Waals surface area contributed by atoms with E-state index in [1.54, 1.807) is 32.1 Å². The second kappa shape index (κ2) is 14.7. The Kier molecular flexibility index (Phi) is 12.0. The number of nitrogens with two attached hydrogens (primary N) is 1. The van der Waals surface area contributed by atoms with Crippen LogP contribution in [0.2, 0.25) is 0 Å². The van der Waals surface area contributed by atoms with Crippen molar-refractivity contribution in [3.63, 3.8) is 0 Å². The molecule has 2 bridgehead atoms. The molecule has 0 saturated carbocycles. The zero-order valence-corrected chi connectivity index (χ0v) is 24.1. The Morgan fingerprint density at radius 1 is 1.12 bits per heavy atom. The molecule has 11 heteroatoms. The average Bonchev–Trinajstić information content (AvgIpc) is 2.90. The van der Waals surface area contributed by atoms with Crippen LogP contribution >= 0.6 is 0 Å². The second-order valence-corrected chi connectivity index (χ2v) is 10.1. The topological polar surface area (TPSA) is 170 Å². The monoisotopic (exact) mass is 562 g/mol. The molecule has 40 heavy (non-hydrogen) atoms. The van der Waals surface area contributed by atoms with Gasteiger partial charge in [-0.1, -0.05) is 38.2 Å². The van der Waals surface area contributed by atoms with Crippen LogP contribution in [0.4, 0.5) is 10.5 Å². The first-order valence-corrected chi connectivity index (χ1v) is 13.0. The predicted molar refractivity (Wildman–Crippen MR) is 150 cm³/mol. The fraction of sp³-hybridized carbons (Fsp3) is 0.517. The Morgan fingerprint density at radius 3 is 2.38 bits per heavy atom. The number of allylic oxidation sites excluding steroid dienone is 2. The number of methoxy groups -OCH3 is 3. The number of carbonyl (C=O) groups is 2. The van der Waals surface area contributed by atoms with Crippen molar-refractivity contribution in [2.24, 2.45) is 17.6 Å². The molecule has 1 aliphatic rings. The van der Waals surface area contributed by atoms with E-state index < -0.39 is 42.3 Å². The van der Waals surface area contributed by atoms with E-state index in [1.807, 2.05) is 13.8 Å². The lowest BCUT2D eigenvalue weighted by Crippen LogP contribution is -2.37. The maximum atomic E-state index is 12.9. The first-order valence-electron chi connectivity index (χ1n) is 13.0. The molecule has 1 aromatic rings. The fourth-order valence-electron chi connectivity index (χ4n) is 4.81. The van der Waals surface area contributed by atoms with Crippen LogP contribution < -0.4 is 15.8 Å². The number of rotatable bonds is 4. The minimum atomic E-state index is -0.991. The molecule has 11 nitrogen and oxygen atoms in total. The zero-order valence-electron chi connectivity index (χ0n) is 24.1. The minimum Gasteiger partial charge on any atom is -0.505 e. The number of nitrogens with one attached hydrogen (secondary N) is 1. The second-order valence-electron chi connectivity index (χ2n) is 10.1. The number of aliphatic hydroxyl groups excluding tert-OH is 1. The lowest BCUT2D eigenvalue weighted by Gasteiger charge is -2.29. The fourth-order valence-corrected chi connectivity index (χ4v) is 4.81. The van der Waals surface area contributed by atoms with Gasteiger partial charge in [-0.2, -0.15) is 0 Å². The van der Waals surface area contributed by atoms with Crippen molar-refractivity contribution >= 4 is 17.7 Å². The highest BCUT2D eigenvalue weighted by molar-refractivity contribution is 6.04. The van der Waals surface area contributed by atoms with Crippen molar-refractivity contribution in [2.75, 3.05) is 26.6 Å². The third kappa shape index (κ3) is 8.23. The normalized spacial score (nSPS) is 30.2. The van der Waals surface area contributed by atoms with E-state index in [1.165, 1.54) is 33.5 Å². The first-order chi connectivity index (χ1) is 18.8. The summed E-state index contributed by atoms with van der Waals surface area (Å²) in [5.74, 6) is -1.48. The van der Waals surface area contributed by atoms with Gasteiger partial charge in [0.05, 0.1) is 25.0 Å². The number of fused-ring (bicyclic) bond motifs is 2. The van der Waals surface area contributed by atoms with Crippen LogP contribution in [-0.4, -0.2) is 73.1 Å². The molecule has 0 fully saturated rings. The number of phenolic OH excluding ortho intramolecular Hbond substituents is 2. The van der Waals surface area contributed by atoms with Crippen LogP contribution in [0.3, 0.4) is 0 Å². The number of aromatic hydroxyl groups is 2. The van der Waals surface area contributed by atoms with Gasteiger partial charge >= 0.3 is 6.09 Å². The number of primary amides is 1. The standard InChI is InChI=1S/C29H42N2O9/c1-15-11-19-25(34)20(14-21(32)27(19)39-7)31-28(35)16(2)9-8-10-22(37-5)26(40-29(30)36)18(4)13-17(3)24(33)23(12-15)38-6/h8-10,13-15,17,22-24,26,32-34H,11-12H2,1-7H3,(H2,30,36)(H,31,35)/b10-8-,16-9+,18-13+. The van der Waals surface area contributed by atoms with Crippen LogP contribution in [0.25, 0.3) is 0 Å². The Morgan fingerprint density at radius 2 is 1.80 bits per heavy atom. The molecule has 2 rings (SSSR count). The van der Waals surface area contributed by atoms with E-state index in [0.717, 1.165) is 0 Å². The number of carbonyl (C=O) groups excluding carboxylic acids is 2. The molecule has 1 aromatic carbocycles. The SMILES string of the molecule is COc1c(O)cc2c(O)c1CC(C)CC(OC)C(O)C(C)/C=C(\C)C(OC(N)=O)C(OC)/C=C\C=C(/C)C(=O)N2. The molecule has 0 aromatic heterocycles. The number of benzene rings is 1. The summed E-state index contributed by atoms with van der Waals surface area (Å²) in [6.45, 7) is 7.04. The van der Waals surface area contributed by atoms with Gasteiger partial charge in [-0.25, -0.2) is 4.79 Å². The van der Waals surface area contributed by atoms with E-state index in [-0.39, 0.29) is 40.8 Å². The highest BCUT2D eigenvalue weighted by Gasteiger charge is 2.30. The van der Waals surface area contributed by atoms with Crippen LogP contribution in [0.1, 0.15) is 39.7 Å². The molecule has 2 amide bonds. The highest BCUT2D eigenvalue weighted by atomic mass is 16.6. The number of hydrogen-bond acceptors (Lipinski definition) is 9. The first kappa shape index (κ1) is 32.7. The van der Waals surface area contributed by atoms with E-state index in [2.05, 4.69) is 5.32 Å². The summed E-state index contributed by atoms with van der Waals surface area (Å²) >= 11 is 0. The van der Waals surface area contributed by atoms with Gasteiger partial charge < -0.3 is 45.3 Å². The van der Waals surface area contributed by atoms with Crippen molar-refractivity contribution in [1.29, 1.82) is 0 Å². The molecule has 6 atom stereocenters. The summed E-state index contributed by atoms with van der Waals surface area (Å²) < 4.78 is 21.9. The Labute approximate surface area is 235 Å². The quantitative estimate of drug-likeness (QED) is 0.209. The van der Waals surface area contributed by atoms with Crippen LogP contribution in [0, 0.1) is 11.8 Å². The van der Waals surface area contributed by atoms with Gasteiger partial charge in [-0.15, -0.1) is 0 Å². The number of phenols is 2. The zero-order chi connectivity index (χ0) is 30.1. The minimum absolute atomic E-state index is 0.0154. The average molecular weight is 563 g/mol. The Balaban J connectivity index is 2.65. The lowest BCUT2D eigenvalue weighted by molar-refractivity contribution is -0.112. The van der Waals surface area contributed by atoms with E-state index in [4.69, 9.17) is 24.7 Å². The smallest absolute Gasteiger partial charge is 0.405 e. The molecule has 1 heterocycles. The third-order valence-corrected chi connectivity index (χ3v) is 6.98. The molecule has 6 N–H and O–H groups in total. The Bertz CT molecular complexity index is 1140. The molecule has 0 radical (unpaired) electrons. The van der Waals surface area contributed by atoms with Crippen molar-refractivity contribution in [3.05, 3.63) is 47.1 Å². The summed E-state index contributed by atoms with van der Waals surface area (Å²) in [6.07, 6.45) is 2.93. The number of aliphatic hydroxyl groups is 1. The molecule has 6 unspecified atom stereocenters. The molecule has 0 saturated heterocycles. The molecular weight excluding hydrogens is 520 g/mol. The highest BCUT2D eigenvalue weighted by Crippen LogP contribution is 2.43. The molecule has 222 valence electrons. The predicted octanol–water partition coefficient (Wildman–Crippen LogP) is 3.57. The van der Waals surface area contributed by atoms with E-state index >= 15 is 0 Å². The summed E-state index contributed by atoms with van der Waals surface area (Å²) in [6, 6.07) is 1.22. The number of amides is 2. The van der Waals surface area contributed by atoms with E-state index in [9.17, 15) is 24.9 Å². The summed E-state index contributed by atoms with van der Waals surface area (Å²) in [5.41, 5.74) is 6.54. The van der Waals surface area contributed by atoms with Crippen LogP contribution in [-0.2, 0) is 25.4 Å². The molecule has 1 aliphatic heterocycles. The summed E-state index contributed by atoms with van der Waals surface area (Å²) in [4.78, 5) is 24.6. The molecule has 0 aliphatic carbocycles. The van der Waals surface area contributed by atoms with Crippen molar-refractivity contribution in [1.82, 2.24) is 0 Å². The lowest BCUT2D eigenvalue weighted by atomic mass is 9.88. The van der Waals surface area contributed by atoms with Gasteiger partial charge in [0.2, 0.25) is 0 Å². The van der Waals surface area contributed by atoms with Gasteiger partial charge in [-0.3, -0.25) is 4.79 Å². The summed E-state index contributed by atoms with van der Waals surface area (Å²) in [7, 11) is 4.32. The third-order valence-electron chi connectivity index (χ3n) is 6.98. The Hall–Kier alpha value is -3.54. The molecular formula is C29H42N2O9. The largest absolute Gasteiger partial charge is 0.505 e. The number of ether oxygens (including phenoxy) is 4. The molecule has 0 spiro atoms. The van der Waals surface area contributed by atoms with Crippen molar-refractivity contribution in [3.8, 4) is 17.2 Å². The van der Waals surface area contributed by atoms with Gasteiger partial charge in [0.25, 0.3) is 5.91 Å². The maximum Gasteiger partial charge on any atom is 0.405 e. The van der Waals surface area contributed by atoms with E-state index in [0.29, 0.717) is 17.6 Å². The van der Waals surface area contributed by atoms with Crippen LogP contribution in [0.5, 0.6) is 17.2 Å². The summed E-state index contributed by atoms with van der Waals surface area (Å²) in [5, 5.41) is 35.4. The van der Waals surface area contributed by atoms with Crippen molar-refractivity contribution in [2.45, 2.75) is 65.0 Å². The van der Waals surface area contributed by atoms with Crippen LogP contribution in [0.15, 0.2) is 41.5 Å². The van der Waals surface area contributed by atoms with Gasteiger partial charge in [0.1, 0.15) is 11.9 Å².